The van der Waals surface area contributed by atoms with E-state index in [2.05, 4.69) is 0 Å². The number of fused-ring (bicyclic) bond motifs is 1. The maximum Gasteiger partial charge on any atom is 0.210 e. The molecule has 0 radical (unpaired) electrons. The first-order chi connectivity index (χ1) is 17.3. The number of aryl methyl sites for hydroxylation is 3. The van der Waals surface area contributed by atoms with Crippen molar-refractivity contribution in [1.29, 1.82) is 0 Å². The third-order valence-corrected chi connectivity index (χ3v) is 6.45. The van der Waals surface area contributed by atoms with Crippen LogP contribution in [0.25, 0.3) is 5.52 Å². The van der Waals surface area contributed by atoms with E-state index in [-0.39, 0.29) is 34.2 Å². The molecule has 0 saturated heterocycles. The summed E-state index contributed by atoms with van der Waals surface area (Å²) in [6.07, 6.45) is 1.73. The first kappa shape index (κ1) is 23.2. The lowest BCUT2D eigenvalue weighted by Crippen LogP contribution is -2.15. The zero-order chi connectivity index (χ0) is 25.4. The zero-order valence-electron chi connectivity index (χ0n) is 20.4. The quantitative estimate of drug-likeness (QED) is 0.264. The molecule has 2 aromatic heterocycles. The molecule has 0 fully saturated rings. The molecule has 0 aliphatic carbocycles. The summed E-state index contributed by atoms with van der Waals surface area (Å²) in [4.78, 5) is 41.9. The Hall–Kier alpha value is -4.57. The molecule has 36 heavy (non-hydrogen) atoms. The molecule has 4 nitrogen and oxygen atoms in total. The number of aromatic nitrogens is 1. The molecule has 0 aliphatic rings. The molecular weight excluding hydrogens is 446 g/mol. The van der Waals surface area contributed by atoms with Crippen LogP contribution >= 0.6 is 0 Å². The smallest absolute Gasteiger partial charge is 0.210 e. The van der Waals surface area contributed by atoms with Gasteiger partial charge in [-0.1, -0.05) is 95.6 Å². The van der Waals surface area contributed by atoms with Crippen molar-refractivity contribution in [3.05, 3.63) is 147 Å². The average Bonchev–Trinajstić information content (AvgIpc) is 3.24. The summed E-state index contributed by atoms with van der Waals surface area (Å²) in [5.74, 6) is -0.962. The fourth-order valence-corrected chi connectivity index (χ4v) is 4.42. The molecule has 176 valence electrons. The molecule has 0 spiro atoms. The number of nitrogens with zero attached hydrogens (tertiary/aromatic N) is 1. The Morgan fingerprint density at radius 2 is 0.917 bits per heavy atom. The minimum absolute atomic E-state index is 0.126. The summed E-state index contributed by atoms with van der Waals surface area (Å²) >= 11 is 0. The van der Waals surface area contributed by atoms with Crippen molar-refractivity contribution in [1.82, 2.24) is 4.40 Å². The summed E-state index contributed by atoms with van der Waals surface area (Å²) < 4.78 is 1.67. The molecule has 0 N–H and O–H groups in total. The number of carbonyl (C=O) groups excluding carboxylic acids is 3. The maximum absolute atomic E-state index is 14.0. The van der Waals surface area contributed by atoms with Crippen molar-refractivity contribution in [2.45, 2.75) is 20.8 Å². The van der Waals surface area contributed by atoms with Crippen LogP contribution < -0.4 is 0 Å². The Bertz CT molecular complexity index is 1530. The van der Waals surface area contributed by atoms with E-state index in [9.17, 15) is 14.4 Å². The lowest BCUT2D eigenvalue weighted by Gasteiger charge is -2.08. The second kappa shape index (κ2) is 9.23. The molecular formula is C32H25NO3. The minimum Gasteiger partial charge on any atom is -0.312 e. The Labute approximate surface area is 209 Å². The van der Waals surface area contributed by atoms with Crippen molar-refractivity contribution in [3.8, 4) is 0 Å². The Kier molecular flexibility index (Phi) is 5.95. The van der Waals surface area contributed by atoms with Gasteiger partial charge < -0.3 is 4.40 Å². The molecule has 0 unspecified atom stereocenters. The van der Waals surface area contributed by atoms with Crippen molar-refractivity contribution < 1.29 is 14.4 Å². The van der Waals surface area contributed by atoms with E-state index in [1.54, 1.807) is 59.1 Å². The van der Waals surface area contributed by atoms with E-state index in [4.69, 9.17) is 0 Å². The van der Waals surface area contributed by atoms with E-state index in [0.717, 1.165) is 16.7 Å². The van der Waals surface area contributed by atoms with Gasteiger partial charge in [-0.2, -0.15) is 0 Å². The van der Waals surface area contributed by atoms with E-state index < -0.39 is 0 Å². The number of ketones is 3. The van der Waals surface area contributed by atoms with Crippen LogP contribution in [0, 0.1) is 20.8 Å². The van der Waals surface area contributed by atoms with Gasteiger partial charge in [0.25, 0.3) is 0 Å². The van der Waals surface area contributed by atoms with Gasteiger partial charge in [-0.15, -0.1) is 0 Å². The van der Waals surface area contributed by atoms with Gasteiger partial charge in [-0.25, -0.2) is 0 Å². The Morgan fingerprint density at radius 1 is 0.500 bits per heavy atom. The molecule has 0 bridgehead atoms. The Balaban J connectivity index is 1.82. The number of benzene rings is 3. The summed E-state index contributed by atoms with van der Waals surface area (Å²) in [5.41, 5.74) is 5.48. The molecule has 3 aromatic carbocycles. The highest BCUT2D eigenvalue weighted by molar-refractivity contribution is 6.28. The summed E-state index contributed by atoms with van der Waals surface area (Å²) in [6.45, 7) is 5.85. The van der Waals surface area contributed by atoms with Gasteiger partial charge >= 0.3 is 0 Å². The fraction of sp³-hybridized carbons (Fsp3) is 0.0938. The highest BCUT2D eigenvalue weighted by Gasteiger charge is 2.32. The summed E-state index contributed by atoms with van der Waals surface area (Å²) in [6, 6.07) is 27.0. The normalized spacial score (nSPS) is 11.0. The van der Waals surface area contributed by atoms with E-state index >= 15 is 0 Å². The van der Waals surface area contributed by atoms with Crippen LogP contribution in [-0.2, 0) is 0 Å². The number of pyridine rings is 1. The van der Waals surface area contributed by atoms with Crippen molar-refractivity contribution in [2.75, 3.05) is 0 Å². The zero-order valence-corrected chi connectivity index (χ0v) is 20.4. The predicted octanol–water partition coefficient (Wildman–Crippen LogP) is 6.56. The van der Waals surface area contributed by atoms with E-state index in [0.29, 0.717) is 22.2 Å². The van der Waals surface area contributed by atoms with Crippen LogP contribution in [0.5, 0.6) is 0 Å². The van der Waals surface area contributed by atoms with Gasteiger partial charge in [0.2, 0.25) is 5.78 Å². The van der Waals surface area contributed by atoms with E-state index in [1.165, 1.54) is 0 Å². The topological polar surface area (TPSA) is 55.6 Å². The highest BCUT2D eigenvalue weighted by atomic mass is 16.1. The number of hydrogen-bond donors (Lipinski definition) is 0. The monoisotopic (exact) mass is 471 g/mol. The van der Waals surface area contributed by atoms with Crippen LogP contribution in [0.3, 0.4) is 0 Å². The van der Waals surface area contributed by atoms with Gasteiger partial charge in [0.05, 0.1) is 16.6 Å². The first-order valence-corrected chi connectivity index (χ1v) is 11.8. The van der Waals surface area contributed by atoms with Gasteiger partial charge in [0.15, 0.2) is 11.6 Å². The standard InChI is InChI=1S/C32H25NO3/c1-20-7-13-23(14-8-20)30(34)27-26-6-4-5-19-33(26)29(32(36)25-17-11-22(3)12-18-25)28(27)31(35)24-15-9-21(2)10-16-24/h4-19H,1-3H3. The molecule has 0 atom stereocenters. The summed E-state index contributed by atoms with van der Waals surface area (Å²) in [5, 5.41) is 0. The van der Waals surface area contributed by atoms with Gasteiger partial charge in [0.1, 0.15) is 5.69 Å². The SMILES string of the molecule is Cc1ccc(C(=O)c2c(C(=O)c3ccc(C)cc3)c3ccccn3c2C(=O)c2ccc(C)cc2)cc1. The van der Waals surface area contributed by atoms with E-state index in [1.807, 2.05) is 63.2 Å². The number of carbonyl (C=O) groups is 3. The second-order valence-electron chi connectivity index (χ2n) is 9.14. The number of hydrogen-bond acceptors (Lipinski definition) is 3. The largest absolute Gasteiger partial charge is 0.312 e. The first-order valence-electron chi connectivity index (χ1n) is 11.8. The van der Waals surface area contributed by atoms with Crippen LogP contribution in [0.4, 0.5) is 0 Å². The third-order valence-electron chi connectivity index (χ3n) is 6.45. The van der Waals surface area contributed by atoms with Crippen molar-refractivity contribution >= 4 is 22.9 Å². The molecule has 5 aromatic rings. The minimum atomic E-state index is -0.357. The lowest BCUT2D eigenvalue weighted by atomic mass is 9.91. The molecule has 0 aliphatic heterocycles. The lowest BCUT2D eigenvalue weighted by molar-refractivity contribution is 0.0991. The van der Waals surface area contributed by atoms with Crippen LogP contribution in [0.1, 0.15) is 64.6 Å². The number of rotatable bonds is 6. The van der Waals surface area contributed by atoms with Crippen LogP contribution in [-0.4, -0.2) is 21.8 Å². The van der Waals surface area contributed by atoms with Crippen molar-refractivity contribution in [3.63, 3.8) is 0 Å². The third kappa shape index (κ3) is 4.07. The average molecular weight is 472 g/mol. The van der Waals surface area contributed by atoms with Gasteiger partial charge in [0, 0.05) is 22.9 Å². The van der Waals surface area contributed by atoms with Crippen LogP contribution in [0.15, 0.2) is 97.2 Å². The summed E-state index contributed by atoms with van der Waals surface area (Å²) in [7, 11) is 0. The van der Waals surface area contributed by atoms with Crippen molar-refractivity contribution in [2.24, 2.45) is 0 Å². The van der Waals surface area contributed by atoms with Gasteiger partial charge in [-0.05, 0) is 32.9 Å². The molecule has 0 amide bonds. The Morgan fingerprint density at radius 3 is 1.39 bits per heavy atom. The second-order valence-corrected chi connectivity index (χ2v) is 9.14. The fourth-order valence-electron chi connectivity index (χ4n) is 4.42. The van der Waals surface area contributed by atoms with Crippen LogP contribution in [0.2, 0.25) is 0 Å². The molecule has 2 heterocycles. The predicted molar refractivity (Wildman–Crippen MR) is 141 cm³/mol. The molecule has 5 rings (SSSR count). The maximum atomic E-state index is 14.0. The van der Waals surface area contributed by atoms with Gasteiger partial charge in [-0.3, -0.25) is 14.4 Å². The molecule has 4 heteroatoms. The molecule has 0 saturated carbocycles. The highest BCUT2D eigenvalue weighted by Crippen LogP contribution is 2.31.